The number of fused-ring (bicyclic) bond motifs is 2. The van der Waals surface area contributed by atoms with Crippen molar-refractivity contribution >= 4 is 80.2 Å². The second kappa shape index (κ2) is 11.0. The molecule has 0 aromatic carbocycles. The predicted molar refractivity (Wildman–Crippen MR) is 136 cm³/mol. The Labute approximate surface area is 211 Å². The Bertz CT molecular complexity index is 1020. The number of nitrogen functional groups attached to an aromatic ring is 1. The summed E-state index contributed by atoms with van der Waals surface area (Å²) in [6, 6.07) is 0. The van der Waals surface area contributed by atoms with Gasteiger partial charge in [0.1, 0.15) is 11.6 Å². The summed E-state index contributed by atoms with van der Waals surface area (Å²) < 4.78 is 36.6. The number of H-pyrrole nitrogens is 1. The number of nitrogens with two attached hydrogens (primary N) is 1. The molecule has 7 N–H and O–H groups in total. The third kappa shape index (κ3) is 5.26. The largest absolute Gasteiger partial charge is 0.509 e. The van der Waals surface area contributed by atoms with Crippen LogP contribution in [0.15, 0.2) is 6.20 Å². The van der Waals surface area contributed by atoms with Gasteiger partial charge in [0.05, 0.1) is 39.9 Å². The number of aliphatic hydroxyl groups excluding tert-OH is 2. The highest BCUT2D eigenvalue weighted by Gasteiger charge is 2.74. The number of halogens is 1. The van der Waals surface area contributed by atoms with Crippen molar-refractivity contribution < 1.29 is 28.4 Å². The van der Waals surface area contributed by atoms with Gasteiger partial charge in [-0.3, -0.25) is 0 Å². The van der Waals surface area contributed by atoms with Gasteiger partial charge in [-0.15, -0.1) is 4.52 Å². The molecule has 0 radical (unpaired) electrons. The van der Waals surface area contributed by atoms with Gasteiger partial charge in [-0.1, -0.05) is 21.6 Å². The monoisotopic (exact) mass is 573 g/mol. The van der Waals surface area contributed by atoms with E-state index in [-0.39, 0.29) is 29.3 Å². The van der Waals surface area contributed by atoms with Gasteiger partial charge in [0, 0.05) is 34.6 Å². The molecule has 10 nitrogen and oxygen atoms in total. The quantitative estimate of drug-likeness (QED) is 0.0699. The summed E-state index contributed by atoms with van der Waals surface area (Å²) in [5.74, 6) is 0.710. The number of hydrogen-bond donors (Lipinski definition) is 6. The van der Waals surface area contributed by atoms with E-state index in [0.717, 1.165) is 0 Å². The number of anilines is 1. The van der Waals surface area contributed by atoms with E-state index in [1.54, 1.807) is 6.20 Å². The molecule has 2 unspecified atom stereocenters. The van der Waals surface area contributed by atoms with E-state index in [4.69, 9.17) is 31.0 Å². The highest BCUT2D eigenvalue weighted by molar-refractivity contribution is 8.74. The van der Waals surface area contributed by atoms with E-state index >= 15 is 0 Å². The van der Waals surface area contributed by atoms with Crippen LogP contribution >= 0.6 is 63.4 Å². The Morgan fingerprint density at radius 3 is 2.82 bits per heavy atom. The fraction of sp³-hybridized carbons (Fsp3) is 0.647. The molecule has 2 aromatic heterocycles. The van der Waals surface area contributed by atoms with Crippen molar-refractivity contribution in [2.75, 3.05) is 23.4 Å². The number of aromatic nitrogens is 3. The molecular formula is C17H23ClN4O6PS4+. The molecule has 2 fully saturated rings. The van der Waals surface area contributed by atoms with Crippen LogP contribution < -0.4 is 5.73 Å². The van der Waals surface area contributed by atoms with Crippen molar-refractivity contribution in [3.8, 4) is 0 Å². The predicted octanol–water partition coefficient (Wildman–Crippen LogP) is 4.25. The van der Waals surface area contributed by atoms with Gasteiger partial charge in [0.25, 0.3) is 0 Å². The van der Waals surface area contributed by atoms with Crippen LogP contribution in [-0.4, -0.2) is 70.3 Å². The van der Waals surface area contributed by atoms with Gasteiger partial charge >= 0.3 is 8.03 Å². The van der Waals surface area contributed by atoms with Crippen LogP contribution in [0.3, 0.4) is 0 Å². The average molecular weight is 574 g/mol. The highest BCUT2D eigenvalue weighted by Crippen LogP contribution is 2.71. The van der Waals surface area contributed by atoms with E-state index < -0.39 is 31.6 Å². The van der Waals surface area contributed by atoms with E-state index in [1.807, 2.05) is 0 Å². The summed E-state index contributed by atoms with van der Waals surface area (Å²) >= 11 is 7.25. The number of nitrogens with zero attached hydrogens (tertiary/aromatic N) is 2. The SMILES string of the molecule is Nc1nc(Cl)nc2c([C@H]3[C@H](O)[C@H](O)[C@@]4(C[P+](=O)OC(CCSSO)CSSO)C[C@H]34)c[nH]c12. The second-order valence-electron chi connectivity index (χ2n) is 8.11. The van der Waals surface area contributed by atoms with Crippen molar-refractivity contribution in [2.45, 2.75) is 37.1 Å². The molecule has 0 saturated heterocycles. The summed E-state index contributed by atoms with van der Waals surface area (Å²) in [7, 11) is 0.319. The normalized spacial score (nSPS) is 29.9. The van der Waals surface area contributed by atoms with Crippen LogP contribution in [-0.2, 0) is 9.09 Å². The smallest absolute Gasteiger partial charge is 0.390 e. The molecule has 2 aromatic rings. The van der Waals surface area contributed by atoms with Crippen molar-refractivity contribution in [3.63, 3.8) is 0 Å². The molecule has 0 amide bonds. The lowest BCUT2D eigenvalue weighted by Gasteiger charge is -2.21. The zero-order valence-corrected chi connectivity index (χ0v) is 22.0. The lowest BCUT2D eigenvalue weighted by Crippen LogP contribution is -2.33. The van der Waals surface area contributed by atoms with E-state index in [1.165, 1.54) is 21.6 Å². The summed E-state index contributed by atoms with van der Waals surface area (Å²) in [5, 5.41) is 21.8. The minimum atomic E-state index is -2.12. The first-order valence-corrected chi connectivity index (χ1v) is 16.2. The van der Waals surface area contributed by atoms with Crippen LogP contribution in [0, 0.1) is 11.3 Å². The van der Waals surface area contributed by atoms with Gasteiger partial charge in [-0.25, -0.2) is 4.98 Å². The molecular weight excluding hydrogens is 551 g/mol. The highest BCUT2D eigenvalue weighted by atomic mass is 35.5. The van der Waals surface area contributed by atoms with Crippen molar-refractivity contribution in [3.05, 3.63) is 17.0 Å². The van der Waals surface area contributed by atoms with Gasteiger partial charge in [-0.05, 0) is 34.9 Å². The Hall–Kier alpha value is 0.01000. The molecule has 0 bridgehead atoms. The van der Waals surface area contributed by atoms with E-state index in [9.17, 15) is 14.8 Å². The van der Waals surface area contributed by atoms with Gasteiger partial charge in [0.15, 0.2) is 12.0 Å². The molecule has 0 spiro atoms. The maximum Gasteiger partial charge on any atom is 0.509 e. The third-order valence-electron chi connectivity index (χ3n) is 6.38. The average Bonchev–Trinajstić information content (AvgIpc) is 3.24. The molecule has 2 saturated carbocycles. The summed E-state index contributed by atoms with van der Waals surface area (Å²) in [6.07, 6.45) is 0.485. The number of aromatic amines is 1. The molecule has 16 heteroatoms. The molecule has 2 aliphatic rings. The first kappa shape index (κ1) is 26.1. The maximum absolute atomic E-state index is 12.9. The Morgan fingerprint density at radius 1 is 1.33 bits per heavy atom. The van der Waals surface area contributed by atoms with Crippen LogP contribution in [0.5, 0.6) is 0 Å². The fourth-order valence-electron chi connectivity index (χ4n) is 4.83. The number of nitrogens with one attached hydrogen (secondary N) is 1. The number of rotatable bonds is 12. The molecule has 4 rings (SSSR count). The standard InChI is InChI=1S/C17H22ClN4O6PS4/c18-16-21-11-8(4-20-12(11)15(19)22-16)10-9-3-17(9,14(24)13(10)23)6-29(25)28-7(5-31-33-27)1-2-30-32-26/h4,7,9-10,13-14,20,23-24H,1-3,5-6H2,(H3-,19,21,22,26,27)/p+1/t7?,9-,10-,13+,14+,17-/m1/s1. The van der Waals surface area contributed by atoms with Gasteiger partial charge < -0.3 is 30.0 Å². The van der Waals surface area contributed by atoms with E-state index in [0.29, 0.717) is 63.1 Å². The van der Waals surface area contributed by atoms with Crippen molar-refractivity contribution in [2.24, 2.45) is 11.3 Å². The van der Waals surface area contributed by atoms with Gasteiger partial charge in [-0.2, -0.15) is 4.98 Å². The zero-order chi connectivity index (χ0) is 23.8. The van der Waals surface area contributed by atoms with Crippen LogP contribution in [0.25, 0.3) is 11.0 Å². The Kier molecular flexibility index (Phi) is 8.66. The Balaban J connectivity index is 1.48. The van der Waals surface area contributed by atoms with Gasteiger partial charge in [0.2, 0.25) is 5.28 Å². The van der Waals surface area contributed by atoms with E-state index in [2.05, 4.69) is 15.0 Å². The molecule has 182 valence electrons. The number of aliphatic hydroxyl groups is 2. The van der Waals surface area contributed by atoms with Crippen LogP contribution in [0.2, 0.25) is 5.28 Å². The summed E-state index contributed by atoms with van der Waals surface area (Å²) in [5.41, 5.74) is 6.94. The zero-order valence-electron chi connectivity index (χ0n) is 17.0. The third-order valence-corrected chi connectivity index (χ3v) is 10.6. The molecule has 2 aliphatic carbocycles. The number of hydrogen-bond acceptors (Lipinski definition) is 13. The summed E-state index contributed by atoms with van der Waals surface area (Å²) in [6.45, 7) is 0. The molecule has 33 heavy (non-hydrogen) atoms. The first-order valence-electron chi connectivity index (χ1n) is 9.96. The van der Waals surface area contributed by atoms with Crippen LogP contribution in [0.1, 0.15) is 24.3 Å². The molecule has 0 aliphatic heterocycles. The second-order valence-corrected chi connectivity index (χ2v) is 13.5. The molecule has 2 heterocycles. The molecule has 7 atom stereocenters. The lowest BCUT2D eigenvalue weighted by molar-refractivity contribution is -0.00404. The van der Waals surface area contributed by atoms with Crippen LogP contribution in [0.4, 0.5) is 5.82 Å². The minimum Gasteiger partial charge on any atom is -0.390 e. The minimum absolute atomic E-state index is 0.00450. The topological polar surface area (TPSA) is 175 Å². The summed E-state index contributed by atoms with van der Waals surface area (Å²) in [4.78, 5) is 11.2. The maximum atomic E-state index is 12.9. The fourth-order valence-corrected chi connectivity index (χ4v) is 8.76. The Morgan fingerprint density at radius 2 is 2.09 bits per heavy atom. The first-order chi connectivity index (χ1) is 15.8. The lowest BCUT2D eigenvalue weighted by atomic mass is 9.92. The van der Waals surface area contributed by atoms with Crippen molar-refractivity contribution in [1.82, 2.24) is 15.0 Å². The van der Waals surface area contributed by atoms with Crippen molar-refractivity contribution in [1.29, 1.82) is 0 Å².